The highest BCUT2D eigenvalue weighted by molar-refractivity contribution is 5.85. The normalized spacial score (nSPS) is 30.1. The van der Waals surface area contributed by atoms with Crippen LogP contribution in [0.2, 0.25) is 0 Å². The van der Waals surface area contributed by atoms with Crippen molar-refractivity contribution in [2.45, 2.75) is 58.2 Å². The number of aliphatic hydroxyl groups excluding tert-OH is 1. The lowest BCUT2D eigenvalue weighted by molar-refractivity contribution is -0.140. The SMILES string of the molecule is CCC1CN(C(=O)[C@H]2CCN[C@@H](C)C2)CCN1CC(C)O.Cl.Cl. The fourth-order valence-electron chi connectivity index (χ4n) is 3.67. The molecule has 0 radical (unpaired) electrons. The number of piperazine rings is 1. The maximum atomic E-state index is 12.7. The average molecular weight is 370 g/mol. The number of carbonyl (C=O) groups is 1. The molecule has 0 aromatic carbocycles. The molecule has 2 aliphatic heterocycles. The van der Waals surface area contributed by atoms with E-state index in [4.69, 9.17) is 0 Å². The standard InChI is InChI=1S/C16H31N3O2.2ClH/c1-4-15-11-19(8-7-18(15)10-13(3)20)16(21)14-5-6-17-12(2)9-14;;/h12-15,17,20H,4-11H2,1-3H3;2*1H/t12-,13?,14-,15?;;/m0../s1. The number of hydrogen-bond acceptors (Lipinski definition) is 4. The van der Waals surface area contributed by atoms with Gasteiger partial charge in [0.05, 0.1) is 6.10 Å². The Labute approximate surface area is 153 Å². The quantitative estimate of drug-likeness (QED) is 0.788. The zero-order chi connectivity index (χ0) is 15.4. The summed E-state index contributed by atoms with van der Waals surface area (Å²) in [7, 11) is 0. The Morgan fingerprint density at radius 2 is 2.04 bits per heavy atom. The van der Waals surface area contributed by atoms with Crippen LogP contribution in [0.25, 0.3) is 0 Å². The van der Waals surface area contributed by atoms with E-state index in [1.807, 2.05) is 6.92 Å². The van der Waals surface area contributed by atoms with Gasteiger partial charge in [0, 0.05) is 44.2 Å². The molecule has 2 saturated heterocycles. The molecule has 2 heterocycles. The minimum atomic E-state index is -0.299. The first kappa shape index (κ1) is 22.9. The number of nitrogens with one attached hydrogen (secondary N) is 1. The van der Waals surface area contributed by atoms with Gasteiger partial charge in [-0.05, 0) is 39.7 Å². The molecule has 23 heavy (non-hydrogen) atoms. The summed E-state index contributed by atoms with van der Waals surface area (Å²) in [6.45, 7) is 10.3. The molecular weight excluding hydrogens is 337 g/mol. The minimum absolute atomic E-state index is 0. The second-order valence-corrected chi connectivity index (χ2v) is 6.77. The molecule has 4 atom stereocenters. The summed E-state index contributed by atoms with van der Waals surface area (Å²) in [5, 5.41) is 13.0. The Bertz CT molecular complexity index is 358. The van der Waals surface area contributed by atoms with Crippen LogP contribution in [0.1, 0.15) is 40.0 Å². The summed E-state index contributed by atoms with van der Waals surface area (Å²) in [6, 6.07) is 0.836. The predicted molar refractivity (Wildman–Crippen MR) is 98.6 cm³/mol. The Morgan fingerprint density at radius 1 is 1.35 bits per heavy atom. The number of hydrogen-bond donors (Lipinski definition) is 2. The third-order valence-corrected chi connectivity index (χ3v) is 4.86. The first-order chi connectivity index (χ1) is 10.0. The fraction of sp³-hybridized carbons (Fsp3) is 0.938. The van der Waals surface area contributed by atoms with Crippen LogP contribution in [-0.4, -0.2) is 71.7 Å². The number of rotatable bonds is 4. The van der Waals surface area contributed by atoms with Gasteiger partial charge in [0.25, 0.3) is 0 Å². The Kier molecular flexibility index (Phi) is 10.7. The molecule has 0 aromatic heterocycles. The summed E-state index contributed by atoms with van der Waals surface area (Å²) in [5.74, 6) is 0.542. The van der Waals surface area contributed by atoms with E-state index < -0.39 is 0 Å². The van der Waals surface area contributed by atoms with Gasteiger partial charge in [-0.25, -0.2) is 0 Å². The first-order valence-corrected chi connectivity index (χ1v) is 8.45. The second-order valence-electron chi connectivity index (χ2n) is 6.77. The molecule has 5 nitrogen and oxygen atoms in total. The van der Waals surface area contributed by atoms with Gasteiger partial charge in [0.15, 0.2) is 0 Å². The zero-order valence-electron chi connectivity index (χ0n) is 14.5. The zero-order valence-corrected chi connectivity index (χ0v) is 16.2. The van der Waals surface area contributed by atoms with Gasteiger partial charge in [-0.2, -0.15) is 0 Å². The molecule has 2 unspecified atom stereocenters. The van der Waals surface area contributed by atoms with Crippen LogP contribution in [0.4, 0.5) is 0 Å². The highest BCUT2D eigenvalue weighted by atomic mass is 35.5. The van der Waals surface area contributed by atoms with Gasteiger partial charge in [0.1, 0.15) is 0 Å². The van der Waals surface area contributed by atoms with E-state index in [2.05, 4.69) is 29.0 Å². The second kappa shape index (κ2) is 10.7. The Hall–Kier alpha value is -0.0700. The molecule has 0 saturated carbocycles. The van der Waals surface area contributed by atoms with Crippen molar-refractivity contribution >= 4 is 30.7 Å². The maximum absolute atomic E-state index is 12.7. The Balaban J connectivity index is 0.00000242. The van der Waals surface area contributed by atoms with E-state index in [0.29, 0.717) is 24.5 Å². The first-order valence-electron chi connectivity index (χ1n) is 8.45. The topological polar surface area (TPSA) is 55.8 Å². The maximum Gasteiger partial charge on any atom is 0.225 e. The van der Waals surface area contributed by atoms with E-state index in [9.17, 15) is 9.90 Å². The molecule has 2 N–H and O–H groups in total. The number of aliphatic hydroxyl groups is 1. The van der Waals surface area contributed by atoms with Crippen LogP contribution in [0.3, 0.4) is 0 Å². The van der Waals surface area contributed by atoms with Crippen LogP contribution >= 0.6 is 24.8 Å². The molecule has 2 aliphatic rings. The number of carbonyl (C=O) groups excluding carboxylic acids is 1. The lowest BCUT2D eigenvalue weighted by Crippen LogP contribution is -2.57. The van der Waals surface area contributed by atoms with Gasteiger partial charge < -0.3 is 15.3 Å². The highest BCUT2D eigenvalue weighted by Gasteiger charge is 2.33. The van der Waals surface area contributed by atoms with Crippen molar-refractivity contribution in [1.82, 2.24) is 15.1 Å². The average Bonchev–Trinajstić information content (AvgIpc) is 2.46. The molecule has 7 heteroatoms. The lowest BCUT2D eigenvalue weighted by atomic mass is 9.91. The lowest BCUT2D eigenvalue weighted by Gasteiger charge is -2.43. The van der Waals surface area contributed by atoms with E-state index in [0.717, 1.165) is 45.4 Å². The smallest absolute Gasteiger partial charge is 0.225 e. The summed E-state index contributed by atoms with van der Waals surface area (Å²) >= 11 is 0. The van der Waals surface area contributed by atoms with E-state index in [1.165, 1.54) is 0 Å². The minimum Gasteiger partial charge on any atom is -0.392 e. The summed E-state index contributed by atoms with van der Waals surface area (Å²) in [4.78, 5) is 17.1. The van der Waals surface area contributed by atoms with Crippen LogP contribution in [0.5, 0.6) is 0 Å². The van der Waals surface area contributed by atoms with E-state index in [-0.39, 0.29) is 36.8 Å². The number of nitrogens with zero attached hydrogens (tertiary/aromatic N) is 2. The molecule has 1 amide bonds. The van der Waals surface area contributed by atoms with Crippen molar-refractivity contribution in [3.8, 4) is 0 Å². The largest absolute Gasteiger partial charge is 0.392 e. The number of piperidine rings is 1. The van der Waals surface area contributed by atoms with Crippen molar-refractivity contribution in [1.29, 1.82) is 0 Å². The van der Waals surface area contributed by atoms with Gasteiger partial charge in [0.2, 0.25) is 5.91 Å². The third-order valence-electron chi connectivity index (χ3n) is 4.86. The molecule has 0 aliphatic carbocycles. The molecule has 0 spiro atoms. The van der Waals surface area contributed by atoms with E-state index >= 15 is 0 Å². The van der Waals surface area contributed by atoms with Crippen LogP contribution in [0, 0.1) is 5.92 Å². The highest BCUT2D eigenvalue weighted by Crippen LogP contribution is 2.22. The van der Waals surface area contributed by atoms with Crippen molar-refractivity contribution in [3.63, 3.8) is 0 Å². The van der Waals surface area contributed by atoms with Crippen LogP contribution in [-0.2, 0) is 4.79 Å². The van der Waals surface area contributed by atoms with Crippen molar-refractivity contribution in [2.24, 2.45) is 5.92 Å². The van der Waals surface area contributed by atoms with Crippen molar-refractivity contribution in [2.75, 3.05) is 32.7 Å². The van der Waals surface area contributed by atoms with Gasteiger partial charge in [-0.15, -0.1) is 24.8 Å². The van der Waals surface area contributed by atoms with E-state index in [1.54, 1.807) is 0 Å². The van der Waals surface area contributed by atoms with Gasteiger partial charge in [-0.1, -0.05) is 6.92 Å². The van der Waals surface area contributed by atoms with Crippen LogP contribution < -0.4 is 5.32 Å². The third kappa shape index (κ3) is 6.39. The van der Waals surface area contributed by atoms with Crippen LogP contribution in [0.15, 0.2) is 0 Å². The van der Waals surface area contributed by atoms with Gasteiger partial charge in [-0.3, -0.25) is 9.69 Å². The molecular formula is C16H33Cl2N3O2. The number of halogens is 2. The summed E-state index contributed by atoms with van der Waals surface area (Å²) in [5.41, 5.74) is 0. The molecule has 0 bridgehead atoms. The predicted octanol–water partition coefficient (Wildman–Crippen LogP) is 1.52. The number of amides is 1. The molecule has 2 rings (SSSR count). The monoisotopic (exact) mass is 369 g/mol. The molecule has 0 aromatic rings. The van der Waals surface area contributed by atoms with Gasteiger partial charge >= 0.3 is 0 Å². The van der Waals surface area contributed by atoms with Crippen molar-refractivity contribution in [3.05, 3.63) is 0 Å². The Morgan fingerprint density at radius 3 is 2.61 bits per heavy atom. The fourth-order valence-corrected chi connectivity index (χ4v) is 3.67. The molecule has 138 valence electrons. The summed E-state index contributed by atoms with van der Waals surface area (Å²) in [6.07, 6.45) is 2.66. The van der Waals surface area contributed by atoms with Crippen molar-refractivity contribution < 1.29 is 9.90 Å². The number of β-amino-alcohol motifs (C(OH)–C–C–N with tert-alkyl or cyclic N) is 1. The molecule has 2 fully saturated rings. The summed E-state index contributed by atoms with van der Waals surface area (Å²) < 4.78 is 0.